The molecule has 1 amide bonds. The average molecular weight is 439 g/mol. The van der Waals surface area contributed by atoms with E-state index < -0.39 is 0 Å². The average Bonchev–Trinajstić information content (AvgIpc) is 3.34. The predicted molar refractivity (Wildman–Crippen MR) is 121 cm³/mol. The van der Waals surface area contributed by atoms with Crippen molar-refractivity contribution in [1.29, 1.82) is 0 Å². The fourth-order valence-corrected chi connectivity index (χ4v) is 4.40. The second kappa shape index (κ2) is 10.4. The van der Waals surface area contributed by atoms with E-state index in [-0.39, 0.29) is 23.9 Å². The Morgan fingerprint density at radius 3 is 2.16 bits per heavy atom. The van der Waals surface area contributed by atoms with Gasteiger partial charge in [0.25, 0.3) is 5.91 Å². The summed E-state index contributed by atoms with van der Waals surface area (Å²) < 4.78 is 10.8. The minimum atomic E-state index is -0.249. The van der Waals surface area contributed by atoms with Crippen molar-refractivity contribution in [2.24, 2.45) is 5.92 Å². The van der Waals surface area contributed by atoms with Gasteiger partial charge in [-0.15, -0.1) is 10.2 Å². The van der Waals surface area contributed by atoms with Crippen molar-refractivity contribution in [3.63, 3.8) is 0 Å². The molecule has 8 heteroatoms. The van der Waals surface area contributed by atoms with Gasteiger partial charge in [-0.2, -0.15) is 0 Å². The Bertz CT molecular complexity index is 903. The van der Waals surface area contributed by atoms with E-state index in [0.29, 0.717) is 23.2 Å². The maximum atomic E-state index is 12.5. The molecular formula is C24H30N4O4. The highest BCUT2D eigenvalue weighted by Crippen LogP contribution is 2.28. The van der Waals surface area contributed by atoms with Crippen molar-refractivity contribution in [2.45, 2.75) is 63.5 Å². The zero-order valence-corrected chi connectivity index (χ0v) is 18.4. The maximum Gasteiger partial charge on any atom is 0.308 e. The van der Waals surface area contributed by atoms with E-state index in [9.17, 15) is 9.59 Å². The van der Waals surface area contributed by atoms with Crippen LogP contribution in [0, 0.1) is 5.92 Å². The third-order valence-corrected chi connectivity index (χ3v) is 6.24. The molecule has 2 aromatic rings. The molecule has 2 fully saturated rings. The molecule has 0 aliphatic heterocycles. The summed E-state index contributed by atoms with van der Waals surface area (Å²) in [5.41, 5.74) is 0.515. The summed E-state index contributed by atoms with van der Waals surface area (Å²) in [6.07, 6.45) is 8.06. The molecule has 32 heavy (non-hydrogen) atoms. The highest BCUT2D eigenvalue weighted by atomic mass is 16.5. The lowest BCUT2D eigenvalue weighted by molar-refractivity contribution is -0.147. The molecular weight excluding hydrogens is 408 g/mol. The van der Waals surface area contributed by atoms with Crippen LogP contribution in [-0.2, 0) is 9.53 Å². The highest BCUT2D eigenvalue weighted by molar-refractivity contribution is 6.03. The summed E-state index contributed by atoms with van der Waals surface area (Å²) >= 11 is 0. The molecule has 1 aromatic carbocycles. The molecule has 2 aliphatic carbocycles. The van der Waals surface area contributed by atoms with Crippen molar-refractivity contribution >= 4 is 23.5 Å². The fourth-order valence-electron chi connectivity index (χ4n) is 4.40. The first-order valence-electron chi connectivity index (χ1n) is 11.4. The zero-order chi connectivity index (χ0) is 22.3. The zero-order valence-electron chi connectivity index (χ0n) is 18.4. The van der Waals surface area contributed by atoms with Crippen LogP contribution in [0.4, 0.5) is 11.6 Å². The Labute approximate surface area is 188 Å². The molecule has 0 radical (unpaired) electrons. The number of methoxy groups -OCH3 is 1. The van der Waals surface area contributed by atoms with Crippen LogP contribution in [0.3, 0.4) is 0 Å². The first-order valence-corrected chi connectivity index (χ1v) is 11.4. The van der Waals surface area contributed by atoms with E-state index in [1.165, 1.54) is 20.0 Å². The number of benzene rings is 1. The van der Waals surface area contributed by atoms with Crippen molar-refractivity contribution in [3.8, 4) is 5.75 Å². The molecule has 2 N–H and O–H groups in total. The Hall–Kier alpha value is -3.16. The standard InChI is InChI=1S/C24H30N4O4/c1-31-24(30)17-8-12-20(13-9-17)32-19-10-6-16(7-11-19)23(29)26-22-15-14-21(27-28-22)25-18-4-2-3-5-18/h6-7,10-11,14-15,17-18,20H,2-5,8-9,12-13H2,1H3,(H,25,27)(H,26,28,29)/t17-,20+. The van der Waals surface area contributed by atoms with Crippen molar-refractivity contribution in [3.05, 3.63) is 42.0 Å². The van der Waals surface area contributed by atoms with Gasteiger partial charge in [0.1, 0.15) is 11.6 Å². The van der Waals surface area contributed by atoms with Gasteiger partial charge in [-0.1, -0.05) is 12.8 Å². The molecule has 4 rings (SSSR count). The minimum Gasteiger partial charge on any atom is -0.490 e. The second-order valence-electron chi connectivity index (χ2n) is 8.52. The lowest BCUT2D eigenvalue weighted by atomic mass is 9.87. The number of anilines is 2. The Morgan fingerprint density at radius 2 is 1.53 bits per heavy atom. The third-order valence-electron chi connectivity index (χ3n) is 6.24. The number of carbonyl (C=O) groups excluding carboxylic acids is 2. The summed E-state index contributed by atoms with van der Waals surface area (Å²) in [5.74, 6) is 1.45. The molecule has 0 atom stereocenters. The van der Waals surface area contributed by atoms with Crippen molar-refractivity contribution in [2.75, 3.05) is 17.7 Å². The molecule has 0 unspecified atom stereocenters. The molecule has 0 spiro atoms. The Morgan fingerprint density at radius 1 is 0.875 bits per heavy atom. The topological polar surface area (TPSA) is 102 Å². The molecule has 1 aromatic heterocycles. The number of rotatable bonds is 7. The van der Waals surface area contributed by atoms with Crippen LogP contribution < -0.4 is 15.4 Å². The van der Waals surface area contributed by atoms with Gasteiger partial charge in [0.2, 0.25) is 0 Å². The third kappa shape index (κ3) is 5.75. The molecule has 0 saturated heterocycles. The van der Waals surface area contributed by atoms with Gasteiger partial charge >= 0.3 is 5.97 Å². The molecule has 0 bridgehead atoms. The largest absolute Gasteiger partial charge is 0.490 e. The van der Waals surface area contributed by atoms with Crippen molar-refractivity contribution < 1.29 is 19.1 Å². The van der Waals surface area contributed by atoms with Gasteiger partial charge < -0.3 is 20.1 Å². The number of nitrogens with one attached hydrogen (secondary N) is 2. The lowest BCUT2D eigenvalue weighted by Crippen LogP contribution is -2.28. The molecule has 170 valence electrons. The van der Waals surface area contributed by atoms with Crippen molar-refractivity contribution in [1.82, 2.24) is 10.2 Å². The number of amides is 1. The van der Waals surface area contributed by atoms with Crippen LogP contribution in [0.1, 0.15) is 61.7 Å². The van der Waals surface area contributed by atoms with E-state index in [2.05, 4.69) is 20.8 Å². The number of hydrogen-bond acceptors (Lipinski definition) is 7. The monoisotopic (exact) mass is 438 g/mol. The van der Waals surface area contributed by atoms with Crippen LogP contribution in [0.2, 0.25) is 0 Å². The van der Waals surface area contributed by atoms with Gasteiger partial charge in [-0.25, -0.2) is 0 Å². The molecule has 2 saturated carbocycles. The van der Waals surface area contributed by atoms with Crippen LogP contribution in [0.5, 0.6) is 5.75 Å². The maximum absolute atomic E-state index is 12.5. The number of carbonyl (C=O) groups is 2. The first-order chi connectivity index (χ1) is 15.6. The van der Waals surface area contributed by atoms with Gasteiger partial charge in [0.05, 0.1) is 19.1 Å². The second-order valence-corrected chi connectivity index (χ2v) is 8.52. The van der Waals surface area contributed by atoms with Crippen LogP contribution >= 0.6 is 0 Å². The quantitative estimate of drug-likeness (QED) is 0.625. The van der Waals surface area contributed by atoms with Gasteiger partial charge in [0, 0.05) is 11.6 Å². The molecule has 8 nitrogen and oxygen atoms in total. The Kier molecular flexibility index (Phi) is 7.19. The smallest absolute Gasteiger partial charge is 0.308 e. The summed E-state index contributed by atoms with van der Waals surface area (Å²) in [4.78, 5) is 24.2. The first kappa shape index (κ1) is 22.0. The summed E-state index contributed by atoms with van der Waals surface area (Å²) in [6.45, 7) is 0. The number of hydrogen-bond donors (Lipinski definition) is 2. The van der Waals surface area contributed by atoms with E-state index in [1.54, 1.807) is 30.3 Å². The number of aromatic nitrogens is 2. The number of ether oxygens (including phenoxy) is 2. The minimum absolute atomic E-state index is 0.0263. The van der Waals surface area contributed by atoms with E-state index >= 15 is 0 Å². The Balaban J connectivity index is 1.25. The van der Waals surface area contributed by atoms with Crippen LogP contribution in [0.25, 0.3) is 0 Å². The summed E-state index contributed by atoms with van der Waals surface area (Å²) in [6, 6.07) is 11.1. The van der Waals surface area contributed by atoms with Gasteiger partial charge in [-0.05, 0) is 74.9 Å². The highest BCUT2D eigenvalue weighted by Gasteiger charge is 2.27. The van der Waals surface area contributed by atoms with E-state index in [1.807, 2.05) is 6.07 Å². The molecule has 1 heterocycles. The summed E-state index contributed by atoms with van der Waals surface area (Å²) in [7, 11) is 1.43. The van der Waals surface area contributed by atoms with E-state index in [4.69, 9.17) is 9.47 Å². The number of nitrogens with zero attached hydrogens (tertiary/aromatic N) is 2. The summed E-state index contributed by atoms with van der Waals surface area (Å²) in [5, 5.41) is 14.4. The van der Waals surface area contributed by atoms with Gasteiger partial charge in [0.15, 0.2) is 5.82 Å². The lowest BCUT2D eigenvalue weighted by Gasteiger charge is -2.27. The SMILES string of the molecule is COC(=O)[C@H]1CC[C@@H](Oc2ccc(C(=O)Nc3ccc(NC4CCCC4)nn3)cc2)CC1. The van der Waals surface area contributed by atoms with Crippen LogP contribution in [-0.4, -0.2) is 41.3 Å². The predicted octanol–water partition coefficient (Wildman–Crippen LogP) is 4.19. The van der Waals surface area contributed by atoms with Gasteiger partial charge in [-0.3, -0.25) is 9.59 Å². The fraction of sp³-hybridized carbons (Fsp3) is 0.500. The normalized spacial score (nSPS) is 21.0. The molecule has 2 aliphatic rings. The van der Waals surface area contributed by atoms with Crippen LogP contribution in [0.15, 0.2) is 36.4 Å². The number of esters is 1. The van der Waals surface area contributed by atoms with E-state index in [0.717, 1.165) is 44.3 Å².